The number of amides is 3. The van der Waals surface area contributed by atoms with E-state index in [1.165, 1.54) is 12.0 Å². The second kappa shape index (κ2) is 5.09. The van der Waals surface area contributed by atoms with Gasteiger partial charge in [-0.1, -0.05) is 15.9 Å². The molecule has 1 fully saturated rings. The van der Waals surface area contributed by atoms with Crippen LogP contribution in [-0.2, 0) is 14.3 Å². The third-order valence-electron chi connectivity index (χ3n) is 2.14. The first-order valence-electron chi connectivity index (χ1n) is 5.29. The molecule has 0 aromatic carbocycles. The van der Waals surface area contributed by atoms with Crippen molar-refractivity contribution in [2.75, 3.05) is 13.6 Å². The fraction of sp³-hybridized carbons (Fsp3) is 0.545. The highest BCUT2D eigenvalue weighted by atomic mass is 79.9. The smallest absolute Gasteiger partial charge is 0.331 e. The van der Waals surface area contributed by atoms with Gasteiger partial charge in [0.05, 0.1) is 0 Å². The molecule has 0 saturated carbocycles. The van der Waals surface area contributed by atoms with Crippen LogP contribution in [0.4, 0.5) is 4.79 Å². The van der Waals surface area contributed by atoms with E-state index in [4.69, 9.17) is 4.74 Å². The Bertz CT molecular complexity index is 425. The quantitative estimate of drug-likeness (QED) is 0.439. The molecule has 0 N–H and O–H groups in total. The van der Waals surface area contributed by atoms with Crippen LogP contribution in [0.15, 0.2) is 10.7 Å². The van der Waals surface area contributed by atoms with Gasteiger partial charge >= 0.3 is 12.0 Å². The number of ether oxygens (including phenoxy) is 1. The molecule has 0 unspecified atom stereocenters. The van der Waals surface area contributed by atoms with E-state index in [-0.39, 0.29) is 12.2 Å². The molecule has 0 atom stereocenters. The van der Waals surface area contributed by atoms with Crippen molar-refractivity contribution in [3.63, 3.8) is 0 Å². The molecule has 1 aliphatic heterocycles. The Labute approximate surface area is 114 Å². The van der Waals surface area contributed by atoms with Crippen LogP contribution in [0.1, 0.15) is 20.8 Å². The molecule has 1 saturated heterocycles. The average molecular weight is 319 g/mol. The summed E-state index contributed by atoms with van der Waals surface area (Å²) in [6.45, 7) is 4.91. The molecule has 6 nitrogen and oxygen atoms in total. The minimum absolute atomic E-state index is 0.119. The molecular formula is C11H15BrN2O4. The number of likely N-dealkylation sites (N-methyl/N-ethyl adjacent to an activating group) is 1. The van der Waals surface area contributed by atoms with Gasteiger partial charge in [0.15, 0.2) is 0 Å². The highest BCUT2D eigenvalue weighted by Gasteiger charge is 2.39. The number of carbonyl (C=O) groups excluding carboxylic acids is 3. The van der Waals surface area contributed by atoms with Gasteiger partial charge in [-0.15, -0.1) is 0 Å². The molecule has 0 aromatic heterocycles. The number of hydrogen-bond acceptors (Lipinski definition) is 4. The van der Waals surface area contributed by atoms with E-state index in [9.17, 15) is 14.4 Å². The third-order valence-corrected chi connectivity index (χ3v) is 2.58. The first-order chi connectivity index (χ1) is 8.17. The SMILES string of the molecule is CN1C(=O)C(=CBr)N(CC(=O)OC(C)(C)C)C1=O. The highest BCUT2D eigenvalue weighted by molar-refractivity contribution is 9.11. The summed E-state index contributed by atoms with van der Waals surface area (Å²) in [4.78, 5) is 38.4. The second-order valence-electron chi connectivity index (χ2n) is 4.81. The van der Waals surface area contributed by atoms with Crippen molar-refractivity contribution in [1.82, 2.24) is 9.80 Å². The Morgan fingerprint density at radius 2 is 1.94 bits per heavy atom. The van der Waals surface area contributed by atoms with E-state index in [1.54, 1.807) is 20.8 Å². The van der Waals surface area contributed by atoms with E-state index in [2.05, 4.69) is 15.9 Å². The van der Waals surface area contributed by atoms with Crippen molar-refractivity contribution < 1.29 is 19.1 Å². The first kappa shape index (κ1) is 14.7. The van der Waals surface area contributed by atoms with Crippen LogP contribution in [0.2, 0.25) is 0 Å². The summed E-state index contributed by atoms with van der Waals surface area (Å²) in [7, 11) is 1.36. The van der Waals surface area contributed by atoms with Crippen LogP contribution < -0.4 is 0 Å². The van der Waals surface area contributed by atoms with Crippen molar-refractivity contribution in [3.8, 4) is 0 Å². The van der Waals surface area contributed by atoms with E-state index < -0.39 is 23.5 Å². The molecule has 0 aliphatic carbocycles. The van der Waals surface area contributed by atoms with Gasteiger partial charge in [-0.3, -0.25) is 19.4 Å². The number of esters is 1. The van der Waals surface area contributed by atoms with Crippen LogP contribution in [0, 0.1) is 0 Å². The van der Waals surface area contributed by atoms with Gasteiger partial charge in [0, 0.05) is 12.0 Å². The predicted molar refractivity (Wildman–Crippen MR) is 67.7 cm³/mol. The maximum absolute atomic E-state index is 11.7. The zero-order valence-electron chi connectivity index (χ0n) is 10.7. The second-order valence-corrected chi connectivity index (χ2v) is 5.27. The molecule has 1 aliphatic rings. The zero-order chi connectivity index (χ0) is 14.1. The van der Waals surface area contributed by atoms with E-state index in [0.717, 1.165) is 9.80 Å². The lowest BCUT2D eigenvalue weighted by atomic mass is 10.2. The molecular weight excluding hydrogens is 304 g/mol. The van der Waals surface area contributed by atoms with Crippen LogP contribution in [-0.4, -0.2) is 46.9 Å². The maximum atomic E-state index is 11.7. The van der Waals surface area contributed by atoms with Crippen molar-refractivity contribution in [2.24, 2.45) is 0 Å². The van der Waals surface area contributed by atoms with Gasteiger partial charge in [0.1, 0.15) is 17.8 Å². The third kappa shape index (κ3) is 3.10. The number of nitrogens with zero attached hydrogens (tertiary/aromatic N) is 2. The molecule has 1 rings (SSSR count). The summed E-state index contributed by atoms with van der Waals surface area (Å²) < 4.78 is 5.11. The predicted octanol–water partition coefficient (Wildman–Crippen LogP) is 1.46. The molecule has 3 amide bonds. The molecule has 0 spiro atoms. The number of halogens is 1. The van der Waals surface area contributed by atoms with E-state index in [0.29, 0.717) is 0 Å². The summed E-state index contributed by atoms with van der Waals surface area (Å²) in [5, 5.41) is 0. The summed E-state index contributed by atoms with van der Waals surface area (Å²) in [5.41, 5.74) is -0.512. The molecule has 0 bridgehead atoms. The summed E-state index contributed by atoms with van der Waals surface area (Å²) >= 11 is 3.01. The average Bonchev–Trinajstić information content (AvgIpc) is 2.41. The Kier molecular flexibility index (Phi) is 4.16. The Morgan fingerprint density at radius 3 is 2.39 bits per heavy atom. The largest absolute Gasteiger partial charge is 0.459 e. The Hall–Kier alpha value is -1.37. The van der Waals surface area contributed by atoms with Crippen molar-refractivity contribution >= 4 is 33.8 Å². The van der Waals surface area contributed by atoms with Gasteiger partial charge in [-0.2, -0.15) is 0 Å². The molecule has 1 heterocycles. The minimum atomic E-state index is -0.631. The lowest BCUT2D eigenvalue weighted by Gasteiger charge is -2.22. The maximum Gasteiger partial charge on any atom is 0.331 e. The van der Waals surface area contributed by atoms with Crippen LogP contribution in [0.3, 0.4) is 0 Å². The zero-order valence-corrected chi connectivity index (χ0v) is 12.3. The first-order valence-corrected chi connectivity index (χ1v) is 6.20. The van der Waals surface area contributed by atoms with Gasteiger partial charge in [0.2, 0.25) is 0 Å². The van der Waals surface area contributed by atoms with Gasteiger partial charge < -0.3 is 4.74 Å². The molecule has 100 valence electrons. The van der Waals surface area contributed by atoms with Gasteiger partial charge in [-0.25, -0.2) is 4.79 Å². The Morgan fingerprint density at radius 1 is 1.39 bits per heavy atom. The number of hydrogen-bond donors (Lipinski definition) is 0. The molecule has 0 radical (unpaired) electrons. The topological polar surface area (TPSA) is 66.9 Å². The number of imide groups is 1. The molecule has 7 heteroatoms. The Balaban J connectivity index is 2.81. The van der Waals surface area contributed by atoms with E-state index >= 15 is 0 Å². The van der Waals surface area contributed by atoms with Gasteiger partial charge in [-0.05, 0) is 20.8 Å². The minimum Gasteiger partial charge on any atom is -0.459 e. The number of urea groups is 1. The monoisotopic (exact) mass is 318 g/mol. The fourth-order valence-corrected chi connectivity index (χ4v) is 1.86. The van der Waals surface area contributed by atoms with Crippen molar-refractivity contribution in [2.45, 2.75) is 26.4 Å². The van der Waals surface area contributed by atoms with Crippen molar-refractivity contribution in [3.05, 3.63) is 10.7 Å². The standard InChI is InChI=1S/C11H15BrN2O4/c1-11(2,3)18-8(15)6-14-7(5-12)9(16)13(4)10(14)17/h5H,6H2,1-4H3. The molecule has 18 heavy (non-hydrogen) atoms. The summed E-state index contributed by atoms with van der Waals surface area (Å²) in [5.74, 6) is -1.02. The van der Waals surface area contributed by atoms with Crippen LogP contribution in [0.5, 0.6) is 0 Å². The fourth-order valence-electron chi connectivity index (χ4n) is 1.42. The van der Waals surface area contributed by atoms with E-state index in [1.807, 2.05) is 0 Å². The van der Waals surface area contributed by atoms with Gasteiger partial charge in [0.25, 0.3) is 5.91 Å². The number of carbonyl (C=O) groups is 3. The molecule has 0 aromatic rings. The summed E-state index contributed by atoms with van der Waals surface area (Å²) in [6.07, 6.45) is 0. The lowest BCUT2D eigenvalue weighted by molar-refractivity contribution is -0.154. The van der Waals surface area contributed by atoms with Crippen molar-refractivity contribution in [1.29, 1.82) is 0 Å². The number of rotatable bonds is 2. The lowest BCUT2D eigenvalue weighted by Crippen LogP contribution is -2.36. The summed E-state index contributed by atoms with van der Waals surface area (Å²) in [6, 6.07) is -0.545. The van der Waals surface area contributed by atoms with Crippen LogP contribution in [0.25, 0.3) is 0 Å². The highest BCUT2D eigenvalue weighted by Crippen LogP contribution is 2.21. The normalized spacial score (nSPS) is 18.8. The van der Waals surface area contributed by atoms with Crippen LogP contribution >= 0.6 is 15.9 Å².